The molecule has 0 atom stereocenters. The fourth-order valence-electron chi connectivity index (χ4n) is 2.65. The highest BCUT2D eigenvalue weighted by atomic mass is 16.5. The Labute approximate surface area is 130 Å². The number of hydrogen-bond acceptors (Lipinski definition) is 6. The largest absolute Gasteiger partial charge is 0.497 e. The molecule has 22 heavy (non-hydrogen) atoms. The Bertz CT molecular complexity index is 596. The van der Waals surface area contributed by atoms with E-state index in [0.717, 1.165) is 17.1 Å². The molecule has 2 aromatic rings. The van der Waals surface area contributed by atoms with Gasteiger partial charge in [0, 0.05) is 12.6 Å². The number of aromatic nitrogens is 3. The Morgan fingerprint density at radius 3 is 2.68 bits per heavy atom. The van der Waals surface area contributed by atoms with Gasteiger partial charge >= 0.3 is 0 Å². The molecule has 6 nitrogen and oxygen atoms in total. The van der Waals surface area contributed by atoms with E-state index >= 15 is 0 Å². The third-order valence-electron chi connectivity index (χ3n) is 3.88. The average molecular weight is 299 g/mol. The molecule has 1 heterocycles. The van der Waals surface area contributed by atoms with Crippen LogP contribution in [0.25, 0.3) is 0 Å². The molecule has 0 unspecified atom stereocenters. The molecule has 0 amide bonds. The first-order valence-corrected chi connectivity index (χ1v) is 7.66. The van der Waals surface area contributed by atoms with Crippen LogP contribution in [0, 0.1) is 0 Å². The maximum absolute atomic E-state index is 5.15. The summed E-state index contributed by atoms with van der Waals surface area (Å²) in [5.41, 5.74) is 1.14. The number of hydrogen-bond donors (Lipinski definition) is 2. The van der Waals surface area contributed by atoms with Crippen molar-refractivity contribution in [1.82, 2.24) is 15.2 Å². The van der Waals surface area contributed by atoms with Gasteiger partial charge in [0.25, 0.3) is 0 Å². The normalized spacial score (nSPS) is 14.8. The second-order valence-electron chi connectivity index (χ2n) is 5.49. The lowest BCUT2D eigenvalue weighted by Gasteiger charge is -2.12. The molecule has 1 saturated carbocycles. The number of nitrogens with zero attached hydrogens (tertiary/aromatic N) is 3. The van der Waals surface area contributed by atoms with Crippen LogP contribution in [0.5, 0.6) is 5.75 Å². The first-order chi connectivity index (χ1) is 10.8. The first kappa shape index (κ1) is 14.6. The summed E-state index contributed by atoms with van der Waals surface area (Å²) in [6, 6.07) is 8.42. The lowest BCUT2D eigenvalue weighted by atomic mass is 10.2. The summed E-state index contributed by atoms with van der Waals surface area (Å²) in [5, 5.41) is 14.7. The molecule has 116 valence electrons. The Kier molecular flexibility index (Phi) is 4.68. The van der Waals surface area contributed by atoms with E-state index in [9.17, 15) is 0 Å². The second kappa shape index (κ2) is 7.06. The molecule has 1 aromatic heterocycles. The molecule has 0 saturated heterocycles. The van der Waals surface area contributed by atoms with E-state index in [0.29, 0.717) is 18.5 Å². The van der Waals surface area contributed by atoms with Gasteiger partial charge in [-0.15, -0.1) is 5.10 Å². The lowest BCUT2D eigenvalue weighted by molar-refractivity contribution is 0.414. The van der Waals surface area contributed by atoms with Crippen LogP contribution in [0.2, 0.25) is 0 Å². The topological polar surface area (TPSA) is 72.0 Å². The predicted molar refractivity (Wildman–Crippen MR) is 86.0 cm³/mol. The summed E-state index contributed by atoms with van der Waals surface area (Å²) >= 11 is 0. The van der Waals surface area contributed by atoms with Crippen molar-refractivity contribution in [2.75, 3.05) is 17.7 Å². The maximum atomic E-state index is 5.15. The van der Waals surface area contributed by atoms with Crippen molar-refractivity contribution in [3.8, 4) is 5.75 Å². The zero-order valence-corrected chi connectivity index (χ0v) is 12.7. The average Bonchev–Trinajstić information content (AvgIpc) is 3.07. The lowest BCUT2D eigenvalue weighted by Crippen LogP contribution is -2.16. The molecular weight excluding hydrogens is 278 g/mol. The van der Waals surface area contributed by atoms with Crippen molar-refractivity contribution in [3.05, 3.63) is 36.0 Å². The van der Waals surface area contributed by atoms with E-state index in [1.807, 2.05) is 24.3 Å². The van der Waals surface area contributed by atoms with Crippen LogP contribution >= 0.6 is 0 Å². The van der Waals surface area contributed by atoms with Crippen LogP contribution < -0.4 is 15.4 Å². The number of benzene rings is 1. The van der Waals surface area contributed by atoms with Crippen molar-refractivity contribution < 1.29 is 4.74 Å². The Balaban J connectivity index is 1.57. The van der Waals surface area contributed by atoms with Crippen LogP contribution in [-0.2, 0) is 6.54 Å². The van der Waals surface area contributed by atoms with Gasteiger partial charge in [0.1, 0.15) is 5.75 Å². The maximum Gasteiger partial charge on any atom is 0.244 e. The van der Waals surface area contributed by atoms with Gasteiger partial charge in [0.05, 0.1) is 13.3 Å². The monoisotopic (exact) mass is 299 g/mol. The number of methoxy groups -OCH3 is 1. The quantitative estimate of drug-likeness (QED) is 0.854. The number of rotatable bonds is 6. The minimum atomic E-state index is 0.520. The van der Waals surface area contributed by atoms with Crippen LogP contribution in [0.1, 0.15) is 31.2 Å². The van der Waals surface area contributed by atoms with Crippen molar-refractivity contribution in [1.29, 1.82) is 0 Å². The van der Waals surface area contributed by atoms with E-state index in [2.05, 4.69) is 25.8 Å². The third kappa shape index (κ3) is 3.84. The molecular formula is C16H21N5O. The predicted octanol–water partition coefficient (Wildman–Crippen LogP) is 2.85. The van der Waals surface area contributed by atoms with Crippen molar-refractivity contribution in [2.45, 2.75) is 38.3 Å². The zero-order chi connectivity index (χ0) is 15.2. The summed E-state index contributed by atoms with van der Waals surface area (Å²) in [7, 11) is 1.66. The molecule has 6 heteroatoms. The van der Waals surface area contributed by atoms with Crippen LogP contribution in [0.4, 0.5) is 11.8 Å². The standard InChI is InChI=1S/C16H21N5O/c1-22-14-8-6-12(7-9-14)10-17-16-20-15(11-18-21-16)19-13-4-2-3-5-13/h6-9,11,13H,2-5,10H2,1H3,(H2,17,19,20,21). The van der Waals surface area contributed by atoms with E-state index in [1.165, 1.54) is 25.7 Å². The number of ether oxygens (including phenoxy) is 1. The smallest absolute Gasteiger partial charge is 0.244 e. The van der Waals surface area contributed by atoms with Crippen LogP contribution in [-0.4, -0.2) is 28.3 Å². The highest BCUT2D eigenvalue weighted by Gasteiger charge is 2.15. The number of anilines is 2. The minimum absolute atomic E-state index is 0.520. The van der Waals surface area contributed by atoms with E-state index in [4.69, 9.17) is 4.74 Å². The first-order valence-electron chi connectivity index (χ1n) is 7.66. The molecule has 1 fully saturated rings. The van der Waals surface area contributed by atoms with Gasteiger partial charge in [0.15, 0.2) is 5.82 Å². The highest BCUT2D eigenvalue weighted by molar-refractivity contribution is 5.39. The second-order valence-corrected chi connectivity index (χ2v) is 5.49. The molecule has 0 aliphatic heterocycles. The molecule has 0 bridgehead atoms. The van der Waals surface area contributed by atoms with E-state index in [1.54, 1.807) is 13.3 Å². The SMILES string of the molecule is COc1ccc(CNc2nncc(NC3CCCC3)n2)cc1. The summed E-state index contributed by atoms with van der Waals surface area (Å²) < 4.78 is 5.15. The van der Waals surface area contributed by atoms with E-state index in [-0.39, 0.29) is 0 Å². The van der Waals surface area contributed by atoms with Gasteiger partial charge in [-0.2, -0.15) is 10.1 Å². The fraction of sp³-hybridized carbons (Fsp3) is 0.438. The Morgan fingerprint density at radius 1 is 1.18 bits per heavy atom. The van der Waals surface area contributed by atoms with E-state index < -0.39 is 0 Å². The molecule has 1 aromatic carbocycles. The minimum Gasteiger partial charge on any atom is -0.497 e. The molecule has 1 aliphatic carbocycles. The van der Waals surface area contributed by atoms with Gasteiger partial charge in [0.2, 0.25) is 5.95 Å². The van der Waals surface area contributed by atoms with Crippen LogP contribution in [0.3, 0.4) is 0 Å². The summed E-state index contributed by atoms with van der Waals surface area (Å²) in [6.07, 6.45) is 6.67. The van der Waals surface area contributed by atoms with Crippen molar-refractivity contribution >= 4 is 11.8 Å². The van der Waals surface area contributed by atoms with Gasteiger partial charge in [-0.25, -0.2) is 0 Å². The van der Waals surface area contributed by atoms with Gasteiger partial charge in [-0.1, -0.05) is 25.0 Å². The number of nitrogens with one attached hydrogen (secondary N) is 2. The highest BCUT2D eigenvalue weighted by Crippen LogP contribution is 2.21. The Hall–Kier alpha value is -2.37. The van der Waals surface area contributed by atoms with Crippen molar-refractivity contribution in [3.63, 3.8) is 0 Å². The van der Waals surface area contributed by atoms with Gasteiger partial charge < -0.3 is 15.4 Å². The summed E-state index contributed by atoms with van der Waals surface area (Å²) in [6.45, 7) is 0.651. The molecule has 2 N–H and O–H groups in total. The Morgan fingerprint density at radius 2 is 1.95 bits per heavy atom. The third-order valence-corrected chi connectivity index (χ3v) is 3.88. The summed E-state index contributed by atoms with van der Waals surface area (Å²) in [5.74, 6) is 2.18. The van der Waals surface area contributed by atoms with Crippen LogP contribution in [0.15, 0.2) is 30.5 Å². The molecule has 0 spiro atoms. The fourth-order valence-corrected chi connectivity index (χ4v) is 2.65. The molecule has 3 rings (SSSR count). The van der Waals surface area contributed by atoms with Gasteiger partial charge in [-0.05, 0) is 30.5 Å². The zero-order valence-electron chi connectivity index (χ0n) is 12.7. The van der Waals surface area contributed by atoms with Gasteiger partial charge in [-0.3, -0.25) is 0 Å². The molecule has 1 aliphatic rings. The van der Waals surface area contributed by atoms with Crippen molar-refractivity contribution in [2.24, 2.45) is 0 Å². The summed E-state index contributed by atoms with van der Waals surface area (Å²) in [4.78, 5) is 4.46. The molecule has 0 radical (unpaired) electrons.